The van der Waals surface area contributed by atoms with Gasteiger partial charge < -0.3 is 10.2 Å². The van der Waals surface area contributed by atoms with Gasteiger partial charge in [0.2, 0.25) is 5.91 Å². The number of imide groups is 2. The number of rotatable bonds is 11. The Labute approximate surface area is 333 Å². The highest BCUT2D eigenvalue weighted by atomic mass is 32.2. The molecule has 1 aromatic carbocycles. The highest BCUT2D eigenvalue weighted by molar-refractivity contribution is 7.90. The molecule has 5 amide bonds. The van der Waals surface area contributed by atoms with E-state index < -0.39 is 33.8 Å². The Morgan fingerprint density at radius 2 is 1.71 bits per heavy atom. The number of carbonyl (C=O) groups is 4. The fourth-order valence-corrected chi connectivity index (χ4v) is 9.24. The number of urea groups is 1. The second-order valence-electron chi connectivity index (χ2n) is 15.3. The number of anilines is 3. The van der Waals surface area contributed by atoms with E-state index in [9.17, 15) is 27.6 Å². The van der Waals surface area contributed by atoms with Crippen LogP contribution in [0.5, 0.6) is 0 Å². The Bertz CT molecular complexity index is 2610. The standard InChI is InChI=1S/C38H41N13O6S/c1-22(2)50-30-17-32(42-31-8-12-39-34(43-31)24-18-41-49(21-24)58(56,57)26-5-6-26)40-19-29(30)35(45-50)47-13-9-25(10-14-47)46(3)20-23-4-7-27-28(16-23)37(54)51(36(27)53)48-15-11-33(52)44-38(48)55/h4,7-8,12,16-19,21-22,25-26H,5-6,9-11,13-15,20H2,1-3H3,(H,44,52,55)(H,39,40,42,43). The molecule has 2 saturated heterocycles. The lowest BCUT2D eigenvalue weighted by Gasteiger charge is -2.37. The summed E-state index contributed by atoms with van der Waals surface area (Å²) in [5.41, 5.74) is 2.75. The number of hydrazine groups is 1. The normalized spacial score (nSPS) is 17.9. The molecule has 1 aliphatic carbocycles. The van der Waals surface area contributed by atoms with Gasteiger partial charge in [-0.2, -0.15) is 19.3 Å². The number of carbonyl (C=O) groups excluding carboxylic acids is 4. The van der Waals surface area contributed by atoms with Gasteiger partial charge in [-0.3, -0.25) is 29.3 Å². The molecule has 20 heteroatoms. The van der Waals surface area contributed by atoms with Gasteiger partial charge in [-0.15, -0.1) is 0 Å². The topological polar surface area (TPSA) is 214 Å². The summed E-state index contributed by atoms with van der Waals surface area (Å²) < 4.78 is 28.3. The zero-order chi connectivity index (χ0) is 40.5. The van der Waals surface area contributed by atoms with E-state index >= 15 is 0 Å². The highest BCUT2D eigenvalue weighted by Crippen LogP contribution is 2.34. The monoisotopic (exact) mass is 807 g/mol. The molecular weight excluding hydrogens is 767 g/mol. The van der Waals surface area contributed by atoms with Gasteiger partial charge in [0.05, 0.1) is 51.8 Å². The number of amides is 5. The van der Waals surface area contributed by atoms with Crippen molar-refractivity contribution < 1.29 is 27.6 Å². The van der Waals surface area contributed by atoms with Crippen molar-refractivity contribution in [2.75, 3.05) is 36.9 Å². The van der Waals surface area contributed by atoms with Crippen molar-refractivity contribution in [3.05, 3.63) is 71.8 Å². The molecule has 300 valence electrons. The van der Waals surface area contributed by atoms with Crippen molar-refractivity contribution in [2.24, 2.45) is 0 Å². The molecule has 3 fully saturated rings. The van der Waals surface area contributed by atoms with Crippen molar-refractivity contribution in [3.8, 4) is 11.4 Å². The van der Waals surface area contributed by atoms with Crippen LogP contribution in [0.25, 0.3) is 22.3 Å². The minimum atomic E-state index is -3.50. The highest BCUT2D eigenvalue weighted by Gasteiger charge is 2.43. The van der Waals surface area contributed by atoms with Gasteiger partial charge in [0.15, 0.2) is 11.6 Å². The van der Waals surface area contributed by atoms with E-state index in [0.29, 0.717) is 42.4 Å². The van der Waals surface area contributed by atoms with Gasteiger partial charge in [0.1, 0.15) is 11.6 Å². The molecule has 3 aliphatic heterocycles. The summed E-state index contributed by atoms with van der Waals surface area (Å²) in [5, 5.41) is 16.9. The van der Waals surface area contributed by atoms with E-state index in [1.54, 1.807) is 24.4 Å². The molecule has 1 saturated carbocycles. The first-order chi connectivity index (χ1) is 27.8. The van der Waals surface area contributed by atoms with E-state index in [-0.39, 0.29) is 41.4 Å². The maximum atomic E-state index is 13.3. The molecule has 9 rings (SSSR count). The van der Waals surface area contributed by atoms with E-state index in [1.807, 2.05) is 23.0 Å². The fourth-order valence-electron chi connectivity index (χ4n) is 7.76. The molecule has 4 aromatic heterocycles. The van der Waals surface area contributed by atoms with Crippen LogP contribution < -0.4 is 15.5 Å². The van der Waals surface area contributed by atoms with E-state index in [2.05, 4.69) is 56.4 Å². The predicted molar refractivity (Wildman–Crippen MR) is 210 cm³/mol. The first kappa shape index (κ1) is 37.3. The van der Waals surface area contributed by atoms with Gasteiger partial charge >= 0.3 is 6.03 Å². The summed E-state index contributed by atoms with van der Waals surface area (Å²) in [5.74, 6) is 0.641. The third-order valence-electron chi connectivity index (χ3n) is 11.0. The summed E-state index contributed by atoms with van der Waals surface area (Å²) in [6.45, 7) is 6.21. The van der Waals surface area contributed by atoms with Crippen molar-refractivity contribution in [1.82, 2.24) is 54.2 Å². The minimum Gasteiger partial charge on any atom is -0.354 e. The molecule has 19 nitrogen and oxygen atoms in total. The molecule has 0 unspecified atom stereocenters. The lowest BCUT2D eigenvalue weighted by Crippen LogP contribution is -2.58. The third kappa shape index (κ3) is 6.70. The minimum absolute atomic E-state index is 0.000691. The van der Waals surface area contributed by atoms with Gasteiger partial charge in [-0.25, -0.2) is 33.2 Å². The number of fused-ring (bicyclic) bond motifs is 2. The molecule has 7 heterocycles. The number of nitrogens with zero attached hydrogens (tertiary/aromatic N) is 11. The summed E-state index contributed by atoms with van der Waals surface area (Å²) in [6.07, 6.45) is 9.36. The average molecular weight is 808 g/mol. The maximum absolute atomic E-state index is 13.3. The predicted octanol–water partition coefficient (Wildman–Crippen LogP) is 3.30. The number of benzene rings is 1. The number of nitrogens with one attached hydrogen (secondary N) is 2. The average Bonchev–Trinajstić information content (AvgIpc) is 3.75. The van der Waals surface area contributed by atoms with Crippen LogP contribution in [0.15, 0.2) is 55.1 Å². The molecule has 4 aliphatic rings. The Hall–Kier alpha value is -6.28. The summed E-state index contributed by atoms with van der Waals surface area (Å²) >= 11 is 0. The van der Waals surface area contributed by atoms with Crippen LogP contribution in [0.2, 0.25) is 0 Å². The molecule has 0 bridgehead atoms. The second-order valence-corrected chi connectivity index (χ2v) is 17.4. The second kappa shape index (κ2) is 14.3. The number of aromatic nitrogens is 7. The number of piperidine rings is 1. The lowest BCUT2D eigenvalue weighted by atomic mass is 10.0. The van der Waals surface area contributed by atoms with Gasteiger partial charge in [-0.05, 0) is 70.3 Å². The molecule has 0 spiro atoms. The van der Waals surface area contributed by atoms with E-state index in [1.165, 1.54) is 12.4 Å². The Kier molecular flexibility index (Phi) is 9.18. The number of hydrogen-bond acceptors (Lipinski definition) is 14. The van der Waals surface area contributed by atoms with Crippen LogP contribution in [0.1, 0.15) is 78.3 Å². The van der Waals surface area contributed by atoms with E-state index in [0.717, 1.165) is 62.3 Å². The largest absolute Gasteiger partial charge is 0.354 e. The van der Waals surface area contributed by atoms with Crippen LogP contribution in [0.4, 0.5) is 22.2 Å². The van der Waals surface area contributed by atoms with Crippen LogP contribution in [-0.2, 0) is 21.4 Å². The van der Waals surface area contributed by atoms with Crippen molar-refractivity contribution in [2.45, 2.75) is 69.8 Å². The van der Waals surface area contributed by atoms with Crippen LogP contribution in [0, 0.1) is 0 Å². The Morgan fingerprint density at radius 1 is 0.931 bits per heavy atom. The number of pyridine rings is 1. The number of hydrogen-bond donors (Lipinski definition) is 2. The quantitative estimate of drug-likeness (QED) is 0.183. The van der Waals surface area contributed by atoms with E-state index in [4.69, 9.17) is 10.1 Å². The van der Waals surface area contributed by atoms with Crippen molar-refractivity contribution in [1.29, 1.82) is 0 Å². The molecular formula is C38H41N13O6S. The van der Waals surface area contributed by atoms with Gasteiger partial charge in [0.25, 0.3) is 21.8 Å². The summed E-state index contributed by atoms with van der Waals surface area (Å²) in [4.78, 5) is 68.7. The fraction of sp³-hybridized carbons (Fsp3) is 0.395. The van der Waals surface area contributed by atoms with Gasteiger partial charge in [-0.1, -0.05) is 6.07 Å². The first-order valence-electron chi connectivity index (χ1n) is 19.2. The Morgan fingerprint density at radius 3 is 2.45 bits per heavy atom. The SMILES string of the molecule is CC(C)n1nc(N2CCC(N(C)Cc3ccc4c(c3)C(=O)N(N3CCC(=O)NC3=O)C4=O)CC2)c2cnc(Nc3ccnc(-c4cnn(S(=O)(=O)C5CC5)c4)n3)cc21. The first-order valence-corrected chi connectivity index (χ1v) is 20.7. The van der Waals surface area contributed by atoms with Gasteiger partial charge in [0, 0.05) is 56.6 Å². The third-order valence-corrected chi connectivity index (χ3v) is 13.1. The zero-order valence-corrected chi connectivity index (χ0v) is 32.9. The molecule has 0 radical (unpaired) electrons. The van der Waals surface area contributed by atoms with Crippen molar-refractivity contribution in [3.63, 3.8) is 0 Å². The molecule has 2 N–H and O–H groups in total. The van der Waals surface area contributed by atoms with Crippen molar-refractivity contribution >= 4 is 62.1 Å². The molecule has 58 heavy (non-hydrogen) atoms. The van der Waals surface area contributed by atoms with Crippen LogP contribution >= 0.6 is 0 Å². The summed E-state index contributed by atoms with van der Waals surface area (Å²) in [6, 6.07) is 8.40. The smallest absolute Gasteiger partial charge is 0.343 e. The molecule has 0 atom stereocenters. The molecule has 5 aromatic rings. The van der Waals surface area contributed by atoms with Crippen LogP contribution in [-0.4, -0.2) is 119 Å². The summed E-state index contributed by atoms with van der Waals surface area (Å²) in [7, 11) is -1.45. The van der Waals surface area contributed by atoms with Crippen LogP contribution in [0.3, 0.4) is 0 Å². The lowest BCUT2D eigenvalue weighted by molar-refractivity contribution is -0.122. The zero-order valence-electron chi connectivity index (χ0n) is 32.1. The Balaban J connectivity index is 0.857. The maximum Gasteiger partial charge on any atom is 0.343 e.